The topological polar surface area (TPSA) is 90.3 Å². The lowest BCUT2D eigenvalue weighted by atomic mass is 10.1. The third-order valence-corrected chi connectivity index (χ3v) is 3.88. The van der Waals surface area contributed by atoms with Crippen LogP contribution in [0.25, 0.3) is 0 Å². The van der Waals surface area contributed by atoms with Gasteiger partial charge in [-0.2, -0.15) is 0 Å². The molecular formula is C14H20N6O2. The Morgan fingerprint density at radius 3 is 3.05 bits per heavy atom. The van der Waals surface area contributed by atoms with Crippen LogP contribution in [0, 0.1) is 6.92 Å². The Kier molecular flexibility index (Phi) is 4.10. The molecule has 1 fully saturated rings. The summed E-state index contributed by atoms with van der Waals surface area (Å²) in [6.45, 7) is 6.90. The summed E-state index contributed by atoms with van der Waals surface area (Å²) in [6, 6.07) is 1.61. The van der Waals surface area contributed by atoms with Gasteiger partial charge < -0.3 is 14.4 Å². The van der Waals surface area contributed by atoms with Gasteiger partial charge in [0.15, 0.2) is 5.82 Å². The summed E-state index contributed by atoms with van der Waals surface area (Å²) in [5.74, 6) is 1.99. The number of hydrogen-bond donors (Lipinski definition) is 2. The third kappa shape index (κ3) is 2.96. The van der Waals surface area contributed by atoms with E-state index in [2.05, 4.69) is 32.3 Å². The average molecular weight is 304 g/mol. The van der Waals surface area contributed by atoms with Crippen molar-refractivity contribution >= 4 is 11.8 Å². The number of anilines is 1. The molecule has 2 N–H and O–H groups in total. The summed E-state index contributed by atoms with van der Waals surface area (Å²) < 4.78 is 4.96. The van der Waals surface area contributed by atoms with Gasteiger partial charge in [-0.25, -0.2) is 9.78 Å². The third-order valence-electron chi connectivity index (χ3n) is 3.88. The Morgan fingerprint density at radius 2 is 2.41 bits per heavy atom. The van der Waals surface area contributed by atoms with Gasteiger partial charge in [0.05, 0.1) is 6.04 Å². The van der Waals surface area contributed by atoms with E-state index in [4.69, 9.17) is 4.52 Å². The number of carbonyl (C=O) groups is 1. The first-order valence-electron chi connectivity index (χ1n) is 7.40. The Labute approximate surface area is 128 Å². The molecule has 1 aliphatic heterocycles. The van der Waals surface area contributed by atoms with Gasteiger partial charge in [-0.15, -0.1) is 0 Å². The normalized spacial score (nSPS) is 19.4. The number of imidazole rings is 1. The number of aryl methyl sites for hydroxylation is 1. The number of carbonyl (C=O) groups excluding carboxylic acids is 1. The van der Waals surface area contributed by atoms with E-state index in [1.165, 1.54) is 0 Å². The van der Waals surface area contributed by atoms with Crippen molar-refractivity contribution in [2.75, 3.05) is 31.5 Å². The molecule has 22 heavy (non-hydrogen) atoms. The maximum Gasteiger partial charge on any atom is 0.323 e. The van der Waals surface area contributed by atoms with Gasteiger partial charge in [-0.1, -0.05) is 12.1 Å². The lowest BCUT2D eigenvalue weighted by molar-refractivity contribution is 0.0946. The molecule has 0 spiro atoms. The summed E-state index contributed by atoms with van der Waals surface area (Å²) >= 11 is 0. The highest BCUT2D eigenvalue weighted by atomic mass is 16.5. The van der Waals surface area contributed by atoms with Crippen LogP contribution in [0.3, 0.4) is 0 Å². The zero-order valence-electron chi connectivity index (χ0n) is 12.7. The Morgan fingerprint density at radius 1 is 1.55 bits per heavy atom. The summed E-state index contributed by atoms with van der Waals surface area (Å²) in [5.41, 5.74) is 0. The highest BCUT2D eigenvalue weighted by molar-refractivity contribution is 5.88. The minimum absolute atomic E-state index is 0.0820. The number of rotatable bonds is 3. The van der Waals surface area contributed by atoms with E-state index in [9.17, 15) is 4.79 Å². The van der Waals surface area contributed by atoms with Gasteiger partial charge in [-0.05, 0) is 13.5 Å². The first-order valence-corrected chi connectivity index (χ1v) is 7.40. The summed E-state index contributed by atoms with van der Waals surface area (Å²) in [5, 5.41) is 6.55. The van der Waals surface area contributed by atoms with Crippen LogP contribution in [-0.4, -0.2) is 57.1 Å². The van der Waals surface area contributed by atoms with Crippen LogP contribution in [-0.2, 0) is 0 Å². The molecule has 118 valence electrons. The number of nitrogens with one attached hydrogen (secondary N) is 2. The molecule has 1 saturated heterocycles. The SMILES string of the molecule is CCN1CCN(C(=O)Nc2cc(C)on2)C[C@H]1c1ncc[nH]1. The fourth-order valence-corrected chi connectivity index (χ4v) is 2.72. The van der Waals surface area contributed by atoms with Crippen LogP contribution in [0.4, 0.5) is 10.6 Å². The molecule has 2 aromatic heterocycles. The Hall–Kier alpha value is -2.35. The fourth-order valence-electron chi connectivity index (χ4n) is 2.72. The Bertz CT molecular complexity index is 623. The summed E-state index contributed by atoms with van der Waals surface area (Å²) in [4.78, 5) is 23.9. The number of likely N-dealkylation sites (N-methyl/N-ethyl adjacent to an activating group) is 1. The maximum atomic E-state index is 12.4. The number of H-pyrrole nitrogens is 1. The smallest absolute Gasteiger partial charge is 0.323 e. The molecular weight excluding hydrogens is 284 g/mol. The van der Waals surface area contributed by atoms with Crippen molar-refractivity contribution in [2.45, 2.75) is 19.9 Å². The fraction of sp³-hybridized carbons (Fsp3) is 0.500. The highest BCUT2D eigenvalue weighted by Gasteiger charge is 2.31. The van der Waals surface area contributed by atoms with Crippen molar-refractivity contribution in [1.82, 2.24) is 24.9 Å². The van der Waals surface area contributed by atoms with Crippen molar-refractivity contribution in [3.63, 3.8) is 0 Å². The molecule has 0 radical (unpaired) electrons. The molecule has 0 bridgehead atoms. The minimum atomic E-state index is -0.166. The van der Waals surface area contributed by atoms with Crippen LogP contribution in [0.2, 0.25) is 0 Å². The van der Waals surface area contributed by atoms with E-state index in [1.54, 1.807) is 30.3 Å². The van der Waals surface area contributed by atoms with E-state index in [1.807, 2.05) is 0 Å². The van der Waals surface area contributed by atoms with Crippen LogP contribution < -0.4 is 5.32 Å². The van der Waals surface area contributed by atoms with Crippen molar-refractivity contribution in [1.29, 1.82) is 0 Å². The Balaban J connectivity index is 1.68. The quantitative estimate of drug-likeness (QED) is 0.899. The minimum Gasteiger partial charge on any atom is -0.360 e. The predicted octanol–water partition coefficient (Wildman–Crippen LogP) is 1.62. The van der Waals surface area contributed by atoms with Crippen LogP contribution in [0.5, 0.6) is 0 Å². The van der Waals surface area contributed by atoms with Gasteiger partial charge in [0.25, 0.3) is 0 Å². The monoisotopic (exact) mass is 304 g/mol. The van der Waals surface area contributed by atoms with Crippen molar-refractivity contribution in [3.8, 4) is 0 Å². The molecule has 0 unspecified atom stereocenters. The molecule has 2 aromatic rings. The van der Waals surface area contributed by atoms with Crippen molar-refractivity contribution in [3.05, 3.63) is 30.0 Å². The van der Waals surface area contributed by atoms with E-state index < -0.39 is 0 Å². The molecule has 8 nitrogen and oxygen atoms in total. The molecule has 0 saturated carbocycles. The molecule has 1 aliphatic rings. The van der Waals surface area contributed by atoms with E-state index in [-0.39, 0.29) is 12.1 Å². The number of nitrogens with zero attached hydrogens (tertiary/aromatic N) is 4. The molecule has 0 aliphatic carbocycles. The van der Waals surface area contributed by atoms with Gasteiger partial charge in [0.1, 0.15) is 11.6 Å². The van der Waals surface area contributed by atoms with Gasteiger partial charge in [-0.3, -0.25) is 10.2 Å². The lowest BCUT2D eigenvalue weighted by Crippen LogP contribution is -2.51. The van der Waals surface area contributed by atoms with E-state index in [0.717, 1.165) is 18.9 Å². The number of urea groups is 1. The largest absolute Gasteiger partial charge is 0.360 e. The first-order chi connectivity index (χ1) is 10.7. The maximum absolute atomic E-state index is 12.4. The number of aromatic nitrogens is 3. The highest BCUT2D eigenvalue weighted by Crippen LogP contribution is 2.23. The van der Waals surface area contributed by atoms with Crippen LogP contribution >= 0.6 is 0 Å². The van der Waals surface area contributed by atoms with Crippen LogP contribution in [0.15, 0.2) is 23.0 Å². The zero-order chi connectivity index (χ0) is 15.5. The molecule has 3 heterocycles. The average Bonchev–Trinajstić information content (AvgIpc) is 3.18. The van der Waals surface area contributed by atoms with Crippen molar-refractivity contribution in [2.24, 2.45) is 0 Å². The van der Waals surface area contributed by atoms with E-state index >= 15 is 0 Å². The molecule has 8 heteroatoms. The van der Waals surface area contributed by atoms with Crippen molar-refractivity contribution < 1.29 is 9.32 Å². The standard InChI is InChI=1S/C14H20N6O2/c1-3-19-6-7-20(9-11(19)13-15-4-5-16-13)14(21)17-12-8-10(2)22-18-12/h4-5,8,11H,3,6-7,9H2,1-2H3,(H,15,16)(H,17,18,21)/t11-/m0/s1. The predicted molar refractivity (Wildman–Crippen MR) is 80.4 cm³/mol. The molecule has 2 amide bonds. The van der Waals surface area contributed by atoms with Gasteiger partial charge in [0.2, 0.25) is 0 Å². The molecule has 3 rings (SSSR count). The number of aromatic amines is 1. The number of hydrogen-bond acceptors (Lipinski definition) is 5. The van der Waals surface area contributed by atoms with Gasteiger partial charge >= 0.3 is 6.03 Å². The second-order valence-electron chi connectivity index (χ2n) is 5.32. The molecule has 0 aromatic carbocycles. The summed E-state index contributed by atoms with van der Waals surface area (Å²) in [6.07, 6.45) is 3.54. The molecule has 1 atom stereocenters. The number of piperazine rings is 1. The van der Waals surface area contributed by atoms with Crippen LogP contribution in [0.1, 0.15) is 24.6 Å². The second-order valence-corrected chi connectivity index (χ2v) is 5.32. The van der Waals surface area contributed by atoms with E-state index in [0.29, 0.717) is 24.7 Å². The van der Waals surface area contributed by atoms with Gasteiger partial charge in [0, 0.05) is 38.1 Å². The zero-order valence-corrected chi connectivity index (χ0v) is 12.7. The second kappa shape index (κ2) is 6.18. The summed E-state index contributed by atoms with van der Waals surface area (Å²) in [7, 11) is 0. The lowest BCUT2D eigenvalue weighted by Gasteiger charge is -2.39. The first kappa shape index (κ1) is 14.6. The number of amides is 2.